The van der Waals surface area contributed by atoms with Crippen molar-refractivity contribution in [3.63, 3.8) is 0 Å². The third-order valence-electron chi connectivity index (χ3n) is 5.71. The maximum atomic E-state index is 13.3. The number of nitriles is 1. The summed E-state index contributed by atoms with van der Waals surface area (Å²) < 4.78 is 7.34. The lowest BCUT2D eigenvalue weighted by atomic mass is 10.1. The van der Waals surface area contributed by atoms with Gasteiger partial charge in [0.25, 0.3) is 0 Å². The Labute approximate surface area is 175 Å². The molecule has 1 fully saturated rings. The fraction of sp³-hybridized carbons (Fsp3) is 0.348. The van der Waals surface area contributed by atoms with Gasteiger partial charge in [-0.2, -0.15) is 5.26 Å². The average molecular weight is 404 g/mol. The second-order valence-electron chi connectivity index (χ2n) is 7.63. The van der Waals surface area contributed by atoms with E-state index in [1.54, 1.807) is 25.4 Å². The molecule has 0 atom stereocenters. The zero-order valence-corrected chi connectivity index (χ0v) is 17.1. The summed E-state index contributed by atoms with van der Waals surface area (Å²) in [5, 5.41) is 18.8. The first-order valence-electron chi connectivity index (χ1n) is 10.0. The summed E-state index contributed by atoms with van der Waals surface area (Å²) in [6.07, 6.45) is 2.73. The third-order valence-corrected chi connectivity index (χ3v) is 5.71. The molecule has 0 amide bonds. The molecule has 1 saturated heterocycles. The summed E-state index contributed by atoms with van der Waals surface area (Å²) >= 11 is 0. The molecular formula is C23H24N4O3. The van der Waals surface area contributed by atoms with Crippen LogP contribution in [0.1, 0.15) is 34.5 Å². The topological polar surface area (TPSA) is 91.4 Å². The Morgan fingerprint density at radius 2 is 2.00 bits per heavy atom. The molecule has 3 aromatic rings. The number of piperidine rings is 1. The van der Waals surface area contributed by atoms with E-state index in [4.69, 9.17) is 10.00 Å². The standard InChI is InChI=1S/C23H24N4O3/c1-15-22(21(29)14-26-9-7-18(28)8-10-26)23-20(11-19(30-2)13-25-23)27(15)17-5-3-16(12-24)4-6-17/h3-6,11,13,18,28H,7-10,14H2,1-2H3. The van der Waals surface area contributed by atoms with Crippen molar-refractivity contribution < 1.29 is 14.6 Å². The van der Waals surface area contributed by atoms with E-state index >= 15 is 0 Å². The molecule has 30 heavy (non-hydrogen) atoms. The number of aromatic nitrogens is 2. The maximum absolute atomic E-state index is 13.3. The van der Waals surface area contributed by atoms with Gasteiger partial charge in [-0.1, -0.05) is 0 Å². The number of aliphatic hydroxyl groups excluding tert-OH is 1. The van der Waals surface area contributed by atoms with Crippen LogP contribution in [0.5, 0.6) is 5.75 Å². The second kappa shape index (κ2) is 8.27. The molecular weight excluding hydrogens is 380 g/mol. The highest BCUT2D eigenvalue weighted by atomic mass is 16.5. The van der Waals surface area contributed by atoms with E-state index in [2.05, 4.69) is 16.0 Å². The van der Waals surface area contributed by atoms with E-state index in [1.807, 2.05) is 29.7 Å². The molecule has 0 saturated carbocycles. The van der Waals surface area contributed by atoms with E-state index in [-0.39, 0.29) is 11.9 Å². The van der Waals surface area contributed by atoms with Crippen molar-refractivity contribution in [2.45, 2.75) is 25.9 Å². The predicted molar refractivity (Wildman–Crippen MR) is 113 cm³/mol. The summed E-state index contributed by atoms with van der Waals surface area (Å²) in [7, 11) is 1.58. The summed E-state index contributed by atoms with van der Waals surface area (Å²) in [6, 6.07) is 11.3. The quantitative estimate of drug-likeness (QED) is 0.658. The van der Waals surface area contributed by atoms with Crippen molar-refractivity contribution in [1.82, 2.24) is 14.5 Å². The largest absolute Gasteiger partial charge is 0.495 e. The molecule has 0 aliphatic carbocycles. The van der Waals surface area contributed by atoms with E-state index < -0.39 is 0 Å². The van der Waals surface area contributed by atoms with Crippen LogP contribution in [0.3, 0.4) is 0 Å². The predicted octanol–water partition coefficient (Wildman–Crippen LogP) is 2.85. The summed E-state index contributed by atoms with van der Waals surface area (Å²) in [6.45, 7) is 3.64. The molecule has 0 radical (unpaired) electrons. The third kappa shape index (κ3) is 3.67. The molecule has 7 heteroatoms. The number of carbonyl (C=O) groups excluding carboxylic acids is 1. The van der Waals surface area contributed by atoms with E-state index in [9.17, 15) is 9.90 Å². The fourth-order valence-electron chi connectivity index (χ4n) is 4.08. The van der Waals surface area contributed by atoms with Crippen LogP contribution in [0.2, 0.25) is 0 Å². The van der Waals surface area contributed by atoms with Gasteiger partial charge in [-0.3, -0.25) is 9.69 Å². The number of benzene rings is 1. The number of ether oxygens (including phenoxy) is 1. The van der Waals surface area contributed by atoms with Crippen LogP contribution in [-0.2, 0) is 0 Å². The average Bonchev–Trinajstić information content (AvgIpc) is 3.06. The molecule has 154 valence electrons. The summed E-state index contributed by atoms with van der Waals surface area (Å²) in [4.78, 5) is 19.9. The summed E-state index contributed by atoms with van der Waals surface area (Å²) in [5.74, 6) is 0.623. The second-order valence-corrected chi connectivity index (χ2v) is 7.63. The molecule has 1 aromatic carbocycles. The first-order chi connectivity index (χ1) is 14.5. The van der Waals surface area contributed by atoms with E-state index in [0.717, 1.165) is 16.9 Å². The highest BCUT2D eigenvalue weighted by molar-refractivity contribution is 6.09. The van der Waals surface area contributed by atoms with Crippen LogP contribution in [0, 0.1) is 18.3 Å². The van der Waals surface area contributed by atoms with Crippen LogP contribution in [0.25, 0.3) is 16.7 Å². The molecule has 7 nitrogen and oxygen atoms in total. The number of methoxy groups -OCH3 is 1. The monoisotopic (exact) mass is 404 g/mol. The van der Waals surface area contributed by atoms with Gasteiger partial charge in [0, 0.05) is 30.5 Å². The Hall–Kier alpha value is -3.21. The lowest BCUT2D eigenvalue weighted by molar-refractivity contribution is 0.0711. The van der Waals surface area contributed by atoms with Crippen LogP contribution in [0.15, 0.2) is 36.5 Å². The number of carbonyl (C=O) groups is 1. The number of hydrogen-bond donors (Lipinski definition) is 1. The minimum absolute atomic E-state index is 0.0129. The molecule has 3 heterocycles. The van der Waals surface area contributed by atoms with Gasteiger partial charge < -0.3 is 14.4 Å². The number of hydrogen-bond acceptors (Lipinski definition) is 6. The van der Waals surface area contributed by atoms with Crippen molar-refractivity contribution in [3.05, 3.63) is 53.3 Å². The molecule has 0 bridgehead atoms. The molecule has 0 spiro atoms. The zero-order chi connectivity index (χ0) is 21.3. The summed E-state index contributed by atoms with van der Waals surface area (Å²) in [5.41, 5.74) is 4.26. The Morgan fingerprint density at radius 3 is 2.63 bits per heavy atom. The van der Waals surface area contributed by atoms with Crippen molar-refractivity contribution in [1.29, 1.82) is 5.26 Å². The fourth-order valence-corrected chi connectivity index (χ4v) is 4.08. The first kappa shape index (κ1) is 20.1. The van der Waals surface area contributed by atoms with Crippen LogP contribution in [-0.4, -0.2) is 58.2 Å². The number of aliphatic hydroxyl groups is 1. The Morgan fingerprint density at radius 1 is 1.30 bits per heavy atom. The van der Waals surface area contributed by atoms with Gasteiger partial charge in [-0.25, -0.2) is 4.98 Å². The van der Waals surface area contributed by atoms with Gasteiger partial charge in [0.2, 0.25) is 0 Å². The minimum Gasteiger partial charge on any atom is -0.495 e. The highest BCUT2D eigenvalue weighted by Gasteiger charge is 2.25. The number of pyridine rings is 1. The van der Waals surface area contributed by atoms with Gasteiger partial charge in [0.15, 0.2) is 5.78 Å². The van der Waals surface area contributed by atoms with E-state index in [1.165, 1.54) is 0 Å². The lowest BCUT2D eigenvalue weighted by Gasteiger charge is -2.28. The number of rotatable bonds is 5. The van der Waals surface area contributed by atoms with Crippen molar-refractivity contribution in [2.75, 3.05) is 26.7 Å². The van der Waals surface area contributed by atoms with Crippen molar-refractivity contribution in [2.24, 2.45) is 0 Å². The maximum Gasteiger partial charge on any atom is 0.180 e. The van der Waals surface area contributed by atoms with Crippen LogP contribution in [0.4, 0.5) is 0 Å². The Kier molecular flexibility index (Phi) is 5.53. The van der Waals surface area contributed by atoms with Gasteiger partial charge in [0.1, 0.15) is 5.75 Å². The molecule has 1 aliphatic heterocycles. The van der Waals surface area contributed by atoms with Crippen LogP contribution < -0.4 is 4.74 Å². The molecule has 1 aliphatic rings. The van der Waals surface area contributed by atoms with Gasteiger partial charge >= 0.3 is 0 Å². The normalized spacial score (nSPS) is 15.3. The smallest absolute Gasteiger partial charge is 0.180 e. The Balaban J connectivity index is 1.78. The molecule has 0 unspecified atom stereocenters. The number of Topliss-reactive ketones (excluding diaryl/α,β-unsaturated/α-hetero) is 1. The van der Waals surface area contributed by atoms with E-state index in [0.29, 0.717) is 54.9 Å². The number of likely N-dealkylation sites (tertiary alicyclic amines) is 1. The number of fused-ring (bicyclic) bond motifs is 1. The SMILES string of the molecule is COc1cnc2c(C(=O)CN3CCC(O)CC3)c(C)n(-c3ccc(C#N)cc3)c2c1. The van der Waals surface area contributed by atoms with Gasteiger partial charge in [-0.05, 0) is 44.0 Å². The van der Waals surface area contributed by atoms with Crippen molar-refractivity contribution >= 4 is 16.8 Å². The Bertz CT molecular complexity index is 1120. The highest BCUT2D eigenvalue weighted by Crippen LogP contribution is 2.31. The van der Waals surface area contributed by atoms with Gasteiger partial charge in [-0.15, -0.1) is 0 Å². The number of nitrogens with zero attached hydrogens (tertiary/aromatic N) is 4. The zero-order valence-electron chi connectivity index (χ0n) is 17.1. The number of ketones is 1. The molecule has 2 aromatic heterocycles. The minimum atomic E-state index is -0.273. The molecule has 1 N–H and O–H groups in total. The van der Waals surface area contributed by atoms with Crippen molar-refractivity contribution in [3.8, 4) is 17.5 Å². The molecule has 4 rings (SSSR count). The first-order valence-corrected chi connectivity index (χ1v) is 10.0. The lowest BCUT2D eigenvalue weighted by Crippen LogP contribution is -2.39. The van der Waals surface area contributed by atoms with Gasteiger partial charge in [0.05, 0.1) is 54.2 Å². The van der Waals surface area contributed by atoms with Crippen LogP contribution >= 0.6 is 0 Å².